The average Bonchev–Trinajstić information content (AvgIpc) is 2.60. The van der Waals surface area contributed by atoms with Crippen molar-refractivity contribution in [2.75, 3.05) is 51.3 Å². The van der Waals surface area contributed by atoms with Gasteiger partial charge in [0, 0.05) is 44.2 Å². The summed E-state index contributed by atoms with van der Waals surface area (Å²) in [4.78, 5) is 6.30. The van der Waals surface area contributed by atoms with E-state index in [1.807, 2.05) is 6.07 Å². The van der Waals surface area contributed by atoms with Gasteiger partial charge in [0.25, 0.3) is 0 Å². The summed E-state index contributed by atoms with van der Waals surface area (Å²) in [6.45, 7) is 3.35. The van der Waals surface area contributed by atoms with Crippen molar-refractivity contribution >= 4 is 31.7 Å². The van der Waals surface area contributed by atoms with Gasteiger partial charge in [-0.3, -0.25) is 9.89 Å². The molecule has 6 nitrogen and oxygen atoms in total. The molecule has 0 atom stereocenters. The van der Waals surface area contributed by atoms with Gasteiger partial charge in [0.05, 0.1) is 11.5 Å². The van der Waals surface area contributed by atoms with Crippen molar-refractivity contribution in [3.63, 3.8) is 0 Å². The van der Waals surface area contributed by atoms with Gasteiger partial charge in [0.15, 0.2) is 15.8 Å². The monoisotopic (exact) mass is 448 g/mol. The standard InChI is InChI=1S/C17H26BrFN4O2S/c1-20-17(22-7-8-23-9-11-26(24,25)12-10-23)21-6-2-3-14-4-5-15(18)13-16(14)19/h4-5,13H,2-3,6-12H2,1H3,(H2,20,21,22). The fourth-order valence-corrected chi connectivity index (χ4v) is 4.35. The molecule has 1 aromatic carbocycles. The van der Waals surface area contributed by atoms with Crippen LogP contribution in [0.3, 0.4) is 0 Å². The van der Waals surface area contributed by atoms with Crippen molar-refractivity contribution in [3.05, 3.63) is 34.1 Å². The zero-order valence-corrected chi connectivity index (χ0v) is 17.4. The van der Waals surface area contributed by atoms with E-state index in [4.69, 9.17) is 0 Å². The first-order chi connectivity index (χ1) is 12.4. The summed E-state index contributed by atoms with van der Waals surface area (Å²) < 4.78 is 37.3. The van der Waals surface area contributed by atoms with Gasteiger partial charge in [0.1, 0.15) is 5.82 Å². The van der Waals surface area contributed by atoms with Crippen molar-refractivity contribution in [2.24, 2.45) is 4.99 Å². The van der Waals surface area contributed by atoms with Gasteiger partial charge in [-0.1, -0.05) is 22.0 Å². The van der Waals surface area contributed by atoms with Gasteiger partial charge in [0.2, 0.25) is 0 Å². The van der Waals surface area contributed by atoms with Crippen molar-refractivity contribution < 1.29 is 12.8 Å². The lowest BCUT2D eigenvalue weighted by atomic mass is 10.1. The normalized spacial score (nSPS) is 17.9. The first-order valence-corrected chi connectivity index (χ1v) is 11.3. The number of benzene rings is 1. The lowest BCUT2D eigenvalue weighted by molar-refractivity contribution is 0.299. The van der Waals surface area contributed by atoms with Gasteiger partial charge >= 0.3 is 0 Å². The summed E-state index contributed by atoms with van der Waals surface area (Å²) in [7, 11) is -1.13. The van der Waals surface area contributed by atoms with E-state index in [9.17, 15) is 12.8 Å². The van der Waals surface area contributed by atoms with Crippen LogP contribution in [0, 0.1) is 5.82 Å². The van der Waals surface area contributed by atoms with Crippen LogP contribution in [0.2, 0.25) is 0 Å². The van der Waals surface area contributed by atoms with E-state index >= 15 is 0 Å². The molecule has 0 radical (unpaired) electrons. The molecule has 0 aromatic heterocycles. The average molecular weight is 449 g/mol. The third kappa shape index (κ3) is 7.20. The molecule has 0 aliphatic carbocycles. The molecule has 1 aromatic rings. The largest absolute Gasteiger partial charge is 0.356 e. The van der Waals surface area contributed by atoms with Crippen LogP contribution in [0.1, 0.15) is 12.0 Å². The van der Waals surface area contributed by atoms with Crippen molar-refractivity contribution in [3.8, 4) is 0 Å². The Hall–Kier alpha value is -1.19. The van der Waals surface area contributed by atoms with E-state index in [1.165, 1.54) is 6.07 Å². The quantitative estimate of drug-likeness (QED) is 0.374. The Balaban J connectivity index is 1.62. The summed E-state index contributed by atoms with van der Waals surface area (Å²) in [5.41, 5.74) is 0.706. The number of hydrogen-bond donors (Lipinski definition) is 2. The van der Waals surface area contributed by atoms with Crippen LogP contribution in [-0.4, -0.2) is 70.6 Å². The molecule has 26 heavy (non-hydrogen) atoms. The molecular weight excluding hydrogens is 423 g/mol. The van der Waals surface area contributed by atoms with Gasteiger partial charge < -0.3 is 10.6 Å². The van der Waals surface area contributed by atoms with Gasteiger partial charge in [-0.05, 0) is 30.5 Å². The van der Waals surface area contributed by atoms with Crippen LogP contribution in [0.15, 0.2) is 27.7 Å². The Bertz CT molecular complexity index is 713. The number of hydrogen-bond acceptors (Lipinski definition) is 4. The molecule has 2 N–H and O–H groups in total. The molecule has 0 spiro atoms. The summed E-state index contributed by atoms with van der Waals surface area (Å²) in [6.07, 6.45) is 1.45. The Morgan fingerprint density at radius 3 is 2.62 bits per heavy atom. The van der Waals surface area contributed by atoms with Crippen LogP contribution in [0.4, 0.5) is 4.39 Å². The second-order valence-electron chi connectivity index (χ2n) is 6.26. The van der Waals surface area contributed by atoms with E-state index in [2.05, 4.69) is 36.5 Å². The zero-order valence-electron chi connectivity index (χ0n) is 15.0. The van der Waals surface area contributed by atoms with E-state index in [1.54, 1.807) is 13.1 Å². The van der Waals surface area contributed by atoms with Crippen LogP contribution in [-0.2, 0) is 16.3 Å². The number of aliphatic imine (C=N–C) groups is 1. The minimum atomic E-state index is -2.83. The highest BCUT2D eigenvalue weighted by molar-refractivity contribution is 9.10. The summed E-state index contributed by atoms with van der Waals surface area (Å²) in [5.74, 6) is 0.996. The molecule has 0 unspecified atom stereocenters. The lowest BCUT2D eigenvalue weighted by Gasteiger charge is -2.26. The van der Waals surface area contributed by atoms with Crippen molar-refractivity contribution in [1.29, 1.82) is 0 Å². The Labute approximate surface area is 163 Å². The molecule has 146 valence electrons. The molecule has 1 heterocycles. The van der Waals surface area contributed by atoms with E-state index in [0.717, 1.165) is 17.4 Å². The van der Waals surface area contributed by atoms with Crippen LogP contribution >= 0.6 is 15.9 Å². The van der Waals surface area contributed by atoms with Gasteiger partial charge in [-0.2, -0.15) is 0 Å². The molecule has 1 aliphatic heterocycles. The fourth-order valence-electron chi connectivity index (χ4n) is 2.74. The number of guanidine groups is 1. The minimum absolute atomic E-state index is 0.189. The highest BCUT2D eigenvalue weighted by atomic mass is 79.9. The molecule has 1 fully saturated rings. The smallest absolute Gasteiger partial charge is 0.191 e. The first-order valence-electron chi connectivity index (χ1n) is 8.71. The predicted molar refractivity (Wildman–Crippen MR) is 107 cm³/mol. The van der Waals surface area contributed by atoms with Crippen LogP contribution < -0.4 is 10.6 Å². The Kier molecular flexibility index (Phi) is 8.30. The molecule has 2 rings (SSSR count). The third-order valence-corrected chi connectivity index (χ3v) is 6.41. The van der Waals surface area contributed by atoms with Crippen molar-refractivity contribution in [2.45, 2.75) is 12.8 Å². The maximum absolute atomic E-state index is 13.8. The lowest BCUT2D eigenvalue weighted by Crippen LogP contribution is -2.46. The van der Waals surface area contributed by atoms with E-state index in [0.29, 0.717) is 44.1 Å². The first kappa shape index (κ1) is 21.1. The molecule has 0 bridgehead atoms. The number of nitrogens with one attached hydrogen (secondary N) is 2. The molecule has 0 saturated carbocycles. The van der Waals surface area contributed by atoms with Crippen LogP contribution in [0.25, 0.3) is 0 Å². The molecule has 9 heteroatoms. The Morgan fingerprint density at radius 2 is 1.96 bits per heavy atom. The van der Waals surface area contributed by atoms with E-state index in [-0.39, 0.29) is 17.3 Å². The molecule has 1 saturated heterocycles. The minimum Gasteiger partial charge on any atom is -0.356 e. The van der Waals surface area contributed by atoms with Crippen molar-refractivity contribution in [1.82, 2.24) is 15.5 Å². The highest BCUT2D eigenvalue weighted by Gasteiger charge is 2.20. The van der Waals surface area contributed by atoms with Crippen LogP contribution in [0.5, 0.6) is 0 Å². The highest BCUT2D eigenvalue weighted by Crippen LogP contribution is 2.16. The van der Waals surface area contributed by atoms with Gasteiger partial charge in [-0.25, -0.2) is 12.8 Å². The summed E-state index contributed by atoms with van der Waals surface area (Å²) >= 11 is 3.26. The number of nitrogens with zero attached hydrogens (tertiary/aromatic N) is 2. The second kappa shape index (κ2) is 10.2. The topological polar surface area (TPSA) is 73.8 Å². The maximum Gasteiger partial charge on any atom is 0.191 e. The summed E-state index contributed by atoms with van der Waals surface area (Å²) in [5, 5.41) is 6.44. The fraction of sp³-hybridized carbons (Fsp3) is 0.588. The molecular formula is C17H26BrFN4O2S. The maximum atomic E-state index is 13.8. The Morgan fingerprint density at radius 1 is 1.27 bits per heavy atom. The number of halogens is 2. The number of sulfone groups is 1. The third-order valence-electron chi connectivity index (χ3n) is 4.31. The number of aryl methyl sites for hydroxylation is 1. The SMILES string of the molecule is CN=C(NCCCc1ccc(Br)cc1F)NCCN1CCS(=O)(=O)CC1. The zero-order chi connectivity index (χ0) is 19.0. The molecule has 1 aliphatic rings. The molecule has 0 amide bonds. The summed E-state index contributed by atoms with van der Waals surface area (Å²) in [6, 6.07) is 5.12. The predicted octanol–water partition coefficient (Wildman–Crippen LogP) is 1.42. The number of rotatable bonds is 7. The van der Waals surface area contributed by atoms with E-state index < -0.39 is 9.84 Å². The second-order valence-corrected chi connectivity index (χ2v) is 9.48. The van der Waals surface area contributed by atoms with Gasteiger partial charge in [-0.15, -0.1) is 0 Å².